The lowest BCUT2D eigenvalue weighted by Crippen LogP contribution is -2.00. The van der Waals surface area contributed by atoms with Crippen LogP contribution in [-0.2, 0) is 0 Å². The van der Waals surface area contributed by atoms with Crippen LogP contribution in [0.2, 0.25) is 0 Å². The zero-order valence-electron chi connectivity index (χ0n) is 24.8. The van der Waals surface area contributed by atoms with Gasteiger partial charge in [-0.25, -0.2) is 15.0 Å². The van der Waals surface area contributed by atoms with E-state index < -0.39 is 0 Å². The molecular formula is C41H27N5. The van der Waals surface area contributed by atoms with E-state index in [2.05, 4.69) is 112 Å². The molecule has 9 rings (SSSR count). The number of hydrogen-bond donors (Lipinski definition) is 0. The number of para-hydroxylation sites is 2. The second-order valence-corrected chi connectivity index (χ2v) is 11.4. The molecule has 5 heteroatoms. The molecule has 0 aliphatic carbocycles. The first kappa shape index (κ1) is 26.1. The minimum atomic E-state index is 0.643. The summed E-state index contributed by atoms with van der Waals surface area (Å²) in [6.45, 7) is 0. The molecule has 6 aromatic carbocycles. The van der Waals surface area contributed by atoms with Crippen molar-refractivity contribution in [2.24, 2.45) is 0 Å². The molecule has 0 aliphatic heterocycles. The molecule has 0 radical (unpaired) electrons. The van der Waals surface area contributed by atoms with Gasteiger partial charge in [-0.05, 0) is 54.6 Å². The van der Waals surface area contributed by atoms with E-state index in [1.807, 2.05) is 60.7 Å². The van der Waals surface area contributed by atoms with Crippen molar-refractivity contribution >= 4 is 32.7 Å². The molecule has 0 unspecified atom stereocenters. The van der Waals surface area contributed by atoms with E-state index in [1.165, 1.54) is 32.7 Å². The van der Waals surface area contributed by atoms with Crippen LogP contribution >= 0.6 is 0 Å². The Hall–Kier alpha value is -6.33. The van der Waals surface area contributed by atoms with Gasteiger partial charge in [-0.1, -0.05) is 103 Å². The van der Waals surface area contributed by atoms with E-state index in [1.54, 1.807) is 0 Å². The molecule has 0 saturated heterocycles. The lowest BCUT2D eigenvalue weighted by atomic mass is 10.1. The van der Waals surface area contributed by atoms with Crippen LogP contribution in [-0.4, -0.2) is 24.1 Å². The SMILES string of the molecule is c1ccc(-c2nc(-c3ccccc3)nc(-c3ccc(-n4ccc5ccc6c(c7ccccc7n6-c6ccccc6)c54)cc3)n2)cc1. The van der Waals surface area contributed by atoms with E-state index in [0.29, 0.717) is 17.5 Å². The summed E-state index contributed by atoms with van der Waals surface area (Å²) in [5, 5.41) is 3.67. The van der Waals surface area contributed by atoms with Crippen LogP contribution in [0.1, 0.15) is 0 Å². The van der Waals surface area contributed by atoms with Crippen molar-refractivity contribution in [1.82, 2.24) is 24.1 Å². The summed E-state index contributed by atoms with van der Waals surface area (Å²) in [6.07, 6.45) is 2.16. The van der Waals surface area contributed by atoms with Crippen LogP contribution in [0, 0.1) is 0 Å². The van der Waals surface area contributed by atoms with Crippen molar-refractivity contribution in [2.75, 3.05) is 0 Å². The largest absolute Gasteiger partial charge is 0.316 e. The number of rotatable bonds is 5. The second-order valence-electron chi connectivity index (χ2n) is 11.4. The summed E-state index contributed by atoms with van der Waals surface area (Å²) >= 11 is 0. The smallest absolute Gasteiger partial charge is 0.164 e. The Kier molecular flexibility index (Phi) is 6.06. The van der Waals surface area contributed by atoms with Gasteiger partial charge in [-0.3, -0.25) is 0 Å². The highest BCUT2D eigenvalue weighted by atomic mass is 15.0. The number of fused-ring (bicyclic) bond motifs is 5. The Morgan fingerprint density at radius 2 is 0.935 bits per heavy atom. The summed E-state index contributed by atoms with van der Waals surface area (Å²) in [4.78, 5) is 14.7. The normalized spacial score (nSPS) is 11.5. The van der Waals surface area contributed by atoms with Gasteiger partial charge in [-0.15, -0.1) is 0 Å². The fraction of sp³-hybridized carbons (Fsp3) is 0. The van der Waals surface area contributed by atoms with Gasteiger partial charge >= 0.3 is 0 Å². The predicted octanol–water partition coefficient (Wildman–Crippen LogP) is 9.91. The van der Waals surface area contributed by atoms with Crippen molar-refractivity contribution in [1.29, 1.82) is 0 Å². The Labute approximate surface area is 265 Å². The molecule has 46 heavy (non-hydrogen) atoms. The third kappa shape index (κ3) is 4.29. The van der Waals surface area contributed by atoms with Crippen molar-refractivity contribution < 1.29 is 0 Å². The van der Waals surface area contributed by atoms with Crippen LogP contribution in [0.3, 0.4) is 0 Å². The molecule has 0 fully saturated rings. The van der Waals surface area contributed by atoms with Gasteiger partial charge in [-0.2, -0.15) is 0 Å². The van der Waals surface area contributed by atoms with E-state index in [4.69, 9.17) is 15.0 Å². The standard InChI is InChI=1S/C41H27N5/c1-4-12-29(13-5-1)39-42-40(30-14-6-2-7-15-30)44-41(43-39)31-20-23-32(24-21-31)45-27-26-28-22-25-36-37(38(28)45)34-18-10-11-19-35(34)46(36)33-16-8-3-9-17-33/h1-27H. The highest BCUT2D eigenvalue weighted by Gasteiger charge is 2.18. The maximum atomic E-state index is 4.92. The molecular weight excluding hydrogens is 562 g/mol. The molecule has 0 N–H and O–H groups in total. The molecule has 3 heterocycles. The first-order valence-corrected chi connectivity index (χ1v) is 15.4. The van der Waals surface area contributed by atoms with E-state index in [0.717, 1.165) is 28.1 Å². The number of aromatic nitrogens is 5. The maximum Gasteiger partial charge on any atom is 0.164 e. The van der Waals surface area contributed by atoms with E-state index in [-0.39, 0.29) is 0 Å². The predicted molar refractivity (Wildman–Crippen MR) is 187 cm³/mol. The second kappa shape index (κ2) is 10.7. The number of hydrogen-bond acceptors (Lipinski definition) is 3. The fourth-order valence-corrected chi connectivity index (χ4v) is 6.46. The molecule has 0 amide bonds. The van der Waals surface area contributed by atoms with Gasteiger partial charge in [0.1, 0.15) is 0 Å². The highest BCUT2D eigenvalue weighted by Crippen LogP contribution is 2.38. The molecule has 0 bridgehead atoms. The molecule has 3 aromatic heterocycles. The number of benzene rings is 6. The molecule has 5 nitrogen and oxygen atoms in total. The minimum Gasteiger partial charge on any atom is -0.316 e. The van der Waals surface area contributed by atoms with Crippen molar-refractivity contribution in [2.45, 2.75) is 0 Å². The number of nitrogens with zero attached hydrogens (tertiary/aromatic N) is 5. The van der Waals surface area contributed by atoms with Crippen LogP contribution < -0.4 is 0 Å². The van der Waals surface area contributed by atoms with E-state index in [9.17, 15) is 0 Å². The average molecular weight is 590 g/mol. The first-order valence-electron chi connectivity index (χ1n) is 15.4. The van der Waals surface area contributed by atoms with Crippen molar-refractivity contribution in [3.63, 3.8) is 0 Å². The van der Waals surface area contributed by atoms with Crippen LogP contribution in [0.4, 0.5) is 0 Å². The third-order valence-corrected chi connectivity index (χ3v) is 8.60. The summed E-state index contributed by atoms with van der Waals surface area (Å²) < 4.78 is 4.65. The fourth-order valence-electron chi connectivity index (χ4n) is 6.46. The summed E-state index contributed by atoms with van der Waals surface area (Å²) in [5.74, 6) is 1.95. The maximum absolute atomic E-state index is 4.92. The van der Waals surface area contributed by atoms with Gasteiger partial charge in [0.15, 0.2) is 17.5 Å². The van der Waals surface area contributed by atoms with Crippen LogP contribution in [0.15, 0.2) is 164 Å². The van der Waals surface area contributed by atoms with E-state index >= 15 is 0 Å². The average Bonchev–Trinajstić information content (AvgIpc) is 3.72. The van der Waals surface area contributed by atoms with Gasteiger partial charge < -0.3 is 9.13 Å². The summed E-state index contributed by atoms with van der Waals surface area (Å²) in [7, 11) is 0. The van der Waals surface area contributed by atoms with Crippen LogP contribution in [0.5, 0.6) is 0 Å². The lowest BCUT2D eigenvalue weighted by molar-refractivity contribution is 1.07. The van der Waals surface area contributed by atoms with Gasteiger partial charge in [0, 0.05) is 50.4 Å². The minimum absolute atomic E-state index is 0.643. The zero-order valence-corrected chi connectivity index (χ0v) is 24.8. The third-order valence-electron chi connectivity index (χ3n) is 8.60. The quantitative estimate of drug-likeness (QED) is 0.201. The first-order chi connectivity index (χ1) is 22.8. The Balaban J connectivity index is 1.19. The van der Waals surface area contributed by atoms with Gasteiger partial charge in [0.05, 0.1) is 16.6 Å². The summed E-state index contributed by atoms with van der Waals surface area (Å²) in [6, 6.07) is 54.6. The molecule has 0 aliphatic rings. The van der Waals surface area contributed by atoms with Gasteiger partial charge in [0.25, 0.3) is 0 Å². The van der Waals surface area contributed by atoms with Crippen molar-refractivity contribution in [3.8, 4) is 45.5 Å². The summed E-state index contributed by atoms with van der Waals surface area (Å²) in [5.41, 5.74) is 8.63. The molecule has 0 saturated carbocycles. The Morgan fingerprint density at radius 3 is 1.57 bits per heavy atom. The lowest BCUT2D eigenvalue weighted by Gasteiger charge is -2.11. The Bertz CT molecular complexity index is 2440. The highest BCUT2D eigenvalue weighted by molar-refractivity contribution is 6.20. The zero-order chi connectivity index (χ0) is 30.5. The van der Waals surface area contributed by atoms with Gasteiger partial charge in [0.2, 0.25) is 0 Å². The Morgan fingerprint density at radius 1 is 0.391 bits per heavy atom. The molecule has 9 aromatic rings. The van der Waals surface area contributed by atoms with Crippen LogP contribution in [0.25, 0.3) is 78.2 Å². The topological polar surface area (TPSA) is 48.5 Å². The molecule has 0 atom stereocenters. The molecule has 216 valence electrons. The monoisotopic (exact) mass is 589 g/mol. The molecule has 0 spiro atoms. The van der Waals surface area contributed by atoms with Crippen molar-refractivity contribution in [3.05, 3.63) is 164 Å².